The van der Waals surface area contributed by atoms with Crippen LogP contribution in [0.2, 0.25) is 0 Å². The first kappa shape index (κ1) is 22.5. The number of aromatic nitrogens is 2. The van der Waals surface area contributed by atoms with E-state index in [2.05, 4.69) is 10.3 Å². The number of amides is 1. The van der Waals surface area contributed by atoms with E-state index >= 15 is 0 Å². The molecule has 7 nitrogen and oxygen atoms in total. The van der Waals surface area contributed by atoms with Crippen LogP contribution < -0.4 is 9.62 Å². The molecule has 0 saturated carbocycles. The van der Waals surface area contributed by atoms with Gasteiger partial charge in [-0.2, -0.15) is 0 Å². The van der Waals surface area contributed by atoms with E-state index in [0.29, 0.717) is 0 Å². The van der Waals surface area contributed by atoms with Crippen molar-refractivity contribution < 1.29 is 17.6 Å². The maximum atomic E-state index is 13.3. The van der Waals surface area contributed by atoms with Gasteiger partial charge in [0.2, 0.25) is 15.9 Å². The Morgan fingerprint density at radius 3 is 2.45 bits per heavy atom. The van der Waals surface area contributed by atoms with Crippen LogP contribution in [0.3, 0.4) is 0 Å². The lowest BCUT2D eigenvalue weighted by molar-refractivity contribution is -0.122. The predicted molar refractivity (Wildman–Crippen MR) is 118 cm³/mol. The van der Waals surface area contributed by atoms with Crippen LogP contribution >= 0.6 is 0 Å². The van der Waals surface area contributed by atoms with Gasteiger partial charge in [0.15, 0.2) is 0 Å². The first-order valence-corrected chi connectivity index (χ1v) is 11.7. The lowest BCUT2D eigenvalue weighted by atomic mass is 10.1. The Bertz CT molecular complexity index is 1160. The summed E-state index contributed by atoms with van der Waals surface area (Å²) >= 11 is 0. The van der Waals surface area contributed by atoms with Crippen LogP contribution in [0.1, 0.15) is 24.7 Å². The molecule has 0 bridgehead atoms. The monoisotopic (exact) mass is 444 g/mol. The summed E-state index contributed by atoms with van der Waals surface area (Å²) in [4.78, 5) is 17.3. The third kappa shape index (κ3) is 5.11. The molecule has 1 heterocycles. The number of hydrogen-bond donors (Lipinski definition) is 1. The van der Waals surface area contributed by atoms with E-state index in [1.807, 2.05) is 42.0 Å². The number of para-hydroxylation sites is 1. The number of hydrogen-bond acceptors (Lipinski definition) is 4. The van der Waals surface area contributed by atoms with Crippen molar-refractivity contribution in [3.05, 3.63) is 78.1 Å². The molecule has 1 N–H and O–H groups in total. The van der Waals surface area contributed by atoms with Gasteiger partial charge in [0.1, 0.15) is 17.7 Å². The highest BCUT2D eigenvalue weighted by Crippen LogP contribution is 2.23. The van der Waals surface area contributed by atoms with E-state index in [0.717, 1.165) is 27.6 Å². The normalized spacial score (nSPS) is 12.4. The zero-order valence-electron chi connectivity index (χ0n) is 17.6. The first-order chi connectivity index (χ1) is 14.7. The van der Waals surface area contributed by atoms with Crippen molar-refractivity contribution in [2.75, 3.05) is 10.6 Å². The number of carbonyl (C=O) groups is 1. The molecular weight excluding hydrogens is 419 g/mol. The number of nitrogens with one attached hydrogen (secondary N) is 1. The number of benzene rings is 2. The summed E-state index contributed by atoms with van der Waals surface area (Å²) in [6.45, 7) is 3.83. The molecule has 0 aliphatic rings. The lowest BCUT2D eigenvalue weighted by Crippen LogP contribution is -2.49. The molecule has 0 aliphatic heterocycles. The minimum absolute atomic E-state index is 0.212. The van der Waals surface area contributed by atoms with Gasteiger partial charge in [-0.1, -0.05) is 25.1 Å². The molecule has 0 aliphatic carbocycles. The Morgan fingerprint density at radius 2 is 1.87 bits per heavy atom. The molecule has 3 aromatic rings. The van der Waals surface area contributed by atoms with E-state index in [1.54, 1.807) is 13.1 Å². The summed E-state index contributed by atoms with van der Waals surface area (Å²) < 4.78 is 41.2. The molecule has 0 radical (unpaired) electrons. The number of aryl methyl sites for hydroxylation is 1. The topological polar surface area (TPSA) is 84.3 Å². The standard InChI is InChI=1S/C22H25FN4O3S/c1-4-20(27(31(3,29)30)19-11-9-18(23)10-12-19)22(28)25-15-17-7-5-6-8-21(17)26-14-13-24-16(26)2/h5-14,20H,4,15H2,1-3H3,(H,25,28)/t20-/m0/s1. The number of halogens is 1. The second-order valence-electron chi connectivity index (χ2n) is 7.15. The number of anilines is 1. The molecule has 1 amide bonds. The summed E-state index contributed by atoms with van der Waals surface area (Å²) in [5, 5.41) is 2.85. The van der Waals surface area contributed by atoms with Gasteiger partial charge in [-0.25, -0.2) is 17.8 Å². The average Bonchev–Trinajstić information content (AvgIpc) is 3.16. The maximum Gasteiger partial charge on any atom is 0.244 e. The Balaban J connectivity index is 1.85. The van der Waals surface area contributed by atoms with Crippen LogP contribution in [0, 0.1) is 12.7 Å². The number of sulfonamides is 1. The molecule has 0 spiro atoms. The Hall–Kier alpha value is -3.20. The number of nitrogens with zero attached hydrogens (tertiary/aromatic N) is 3. The van der Waals surface area contributed by atoms with Crippen LogP contribution in [-0.2, 0) is 21.4 Å². The van der Waals surface area contributed by atoms with Crippen LogP contribution in [0.25, 0.3) is 5.69 Å². The third-order valence-electron chi connectivity index (χ3n) is 4.94. The molecule has 2 aromatic carbocycles. The molecular formula is C22H25FN4O3S. The van der Waals surface area contributed by atoms with Gasteiger partial charge in [0, 0.05) is 18.9 Å². The van der Waals surface area contributed by atoms with Crippen molar-refractivity contribution in [3.8, 4) is 5.69 Å². The zero-order valence-corrected chi connectivity index (χ0v) is 18.4. The largest absolute Gasteiger partial charge is 0.350 e. The van der Waals surface area contributed by atoms with Crippen molar-refractivity contribution in [1.29, 1.82) is 0 Å². The molecule has 164 valence electrons. The van der Waals surface area contributed by atoms with Gasteiger partial charge in [0.25, 0.3) is 0 Å². The number of carbonyl (C=O) groups excluding carboxylic acids is 1. The van der Waals surface area contributed by atoms with Gasteiger partial charge in [-0.05, 0) is 49.2 Å². The Labute approximate surface area is 181 Å². The predicted octanol–water partition coefficient (Wildman–Crippen LogP) is 3.18. The second-order valence-corrected chi connectivity index (χ2v) is 9.01. The lowest BCUT2D eigenvalue weighted by Gasteiger charge is -2.30. The van der Waals surface area contributed by atoms with E-state index < -0.39 is 27.8 Å². The highest BCUT2D eigenvalue weighted by atomic mass is 32.2. The molecule has 31 heavy (non-hydrogen) atoms. The van der Waals surface area contributed by atoms with Crippen LogP contribution in [0.4, 0.5) is 10.1 Å². The second kappa shape index (κ2) is 9.30. The van der Waals surface area contributed by atoms with Crippen LogP contribution in [-0.4, -0.2) is 36.2 Å². The quantitative estimate of drug-likeness (QED) is 0.578. The van der Waals surface area contributed by atoms with Crippen molar-refractivity contribution >= 4 is 21.6 Å². The summed E-state index contributed by atoms with van der Waals surface area (Å²) in [6.07, 6.45) is 4.82. The minimum Gasteiger partial charge on any atom is -0.350 e. The zero-order chi connectivity index (χ0) is 22.6. The van der Waals surface area contributed by atoms with Crippen molar-refractivity contribution in [1.82, 2.24) is 14.9 Å². The molecule has 0 saturated heterocycles. The summed E-state index contributed by atoms with van der Waals surface area (Å²) in [5.41, 5.74) is 1.98. The highest BCUT2D eigenvalue weighted by molar-refractivity contribution is 7.92. The summed E-state index contributed by atoms with van der Waals surface area (Å²) in [7, 11) is -3.78. The van der Waals surface area contributed by atoms with Gasteiger partial charge in [-0.3, -0.25) is 9.10 Å². The Morgan fingerprint density at radius 1 is 1.19 bits per heavy atom. The van der Waals surface area contributed by atoms with E-state index in [-0.39, 0.29) is 18.7 Å². The fourth-order valence-electron chi connectivity index (χ4n) is 3.48. The third-order valence-corrected chi connectivity index (χ3v) is 6.12. The summed E-state index contributed by atoms with van der Waals surface area (Å²) in [6, 6.07) is 11.7. The molecule has 3 rings (SSSR count). The van der Waals surface area contributed by atoms with Crippen molar-refractivity contribution in [3.63, 3.8) is 0 Å². The number of imidazole rings is 1. The van der Waals surface area contributed by atoms with Crippen LogP contribution in [0.15, 0.2) is 60.9 Å². The SMILES string of the molecule is CC[C@@H](C(=O)NCc1ccccc1-n1ccnc1C)N(c1ccc(F)cc1)S(C)(=O)=O. The van der Waals surface area contributed by atoms with E-state index in [1.165, 1.54) is 24.3 Å². The molecule has 0 fully saturated rings. The smallest absolute Gasteiger partial charge is 0.244 e. The van der Waals surface area contributed by atoms with Gasteiger partial charge in [-0.15, -0.1) is 0 Å². The number of rotatable bonds is 8. The highest BCUT2D eigenvalue weighted by Gasteiger charge is 2.31. The maximum absolute atomic E-state index is 13.3. The molecule has 0 unspecified atom stereocenters. The van der Waals surface area contributed by atoms with E-state index in [4.69, 9.17) is 0 Å². The van der Waals surface area contributed by atoms with Crippen molar-refractivity contribution in [2.24, 2.45) is 0 Å². The molecule has 9 heteroatoms. The summed E-state index contributed by atoms with van der Waals surface area (Å²) in [5.74, 6) is -0.111. The van der Waals surface area contributed by atoms with Gasteiger partial charge < -0.3 is 9.88 Å². The fraction of sp³-hybridized carbons (Fsp3) is 0.273. The van der Waals surface area contributed by atoms with Gasteiger partial charge in [0.05, 0.1) is 17.6 Å². The average molecular weight is 445 g/mol. The van der Waals surface area contributed by atoms with E-state index in [9.17, 15) is 17.6 Å². The molecule has 1 aromatic heterocycles. The van der Waals surface area contributed by atoms with Gasteiger partial charge >= 0.3 is 0 Å². The Kier molecular flexibility index (Phi) is 6.74. The minimum atomic E-state index is -3.78. The van der Waals surface area contributed by atoms with Crippen molar-refractivity contribution in [2.45, 2.75) is 32.9 Å². The molecule has 1 atom stereocenters. The van der Waals surface area contributed by atoms with Crippen LogP contribution in [0.5, 0.6) is 0 Å². The fourth-order valence-corrected chi connectivity index (χ4v) is 4.69. The first-order valence-electron chi connectivity index (χ1n) is 9.83.